The molecule has 1 unspecified atom stereocenters. The Morgan fingerprint density at radius 2 is 1.97 bits per heavy atom. The second-order valence-electron chi connectivity index (χ2n) is 7.27. The zero-order chi connectivity index (χ0) is 21.0. The van der Waals surface area contributed by atoms with Crippen LogP contribution in [-0.4, -0.2) is 54.8 Å². The number of aryl methyl sites for hydroxylation is 1. The molecule has 154 valence electrons. The molecule has 1 atom stereocenters. The Labute approximate surface area is 167 Å². The molecule has 2 aliphatic rings. The van der Waals surface area contributed by atoms with Crippen molar-refractivity contribution in [3.63, 3.8) is 0 Å². The predicted molar refractivity (Wildman–Crippen MR) is 99.2 cm³/mol. The van der Waals surface area contributed by atoms with E-state index in [0.29, 0.717) is 11.3 Å². The molecule has 1 amide bonds. The molecule has 4 rings (SSSR count). The molecule has 10 heteroatoms. The molecule has 0 aliphatic carbocycles. The second kappa shape index (κ2) is 6.74. The van der Waals surface area contributed by atoms with Gasteiger partial charge in [-0.3, -0.25) is 9.78 Å². The van der Waals surface area contributed by atoms with Crippen molar-refractivity contribution in [2.24, 2.45) is 0 Å². The first-order valence-electron chi connectivity index (χ1n) is 8.98. The third-order valence-corrected chi connectivity index (χ3v) is 7.18. The maximum Gasteiger partial charge on any atom is 0.387 e. The quantitative estimate of drug-likeness (QED) is 0.754. The number of hydrogen-bond donors (Lipinski definition) is 0. The highest BCUT2D eigenvalue weighted by atomic mass is 32.2. The summed E-state index contributed by atoms with van der Waals surface area (Å²) in [6.45, 7) is 0.868. The normalized spacial score (nSPS) is 22.0. The van der Waals surface area contributed by atoms with Gasteiger partial charge in [0.25, 0.3) is 5.91 Å². The van der Waals surface area contributed by atoms with Gasteiger partial charge in [-0.25, -0.2) is 8.42 Å². The van der Waals surface area contributed by atoms with Crippen molar-refractivity contribution in [1.82, 2.24) is 14.2 Å². The summed E-state index contributed by atoms with van der Waals surface area (Å²) in [5.41, 5.74) is 0.860. The van der Waals surface area contributed by atoms with E-state index in [9.17, 15) is 22.0 Å². The van der Waals surface area contributed by atoms with Crippen LogP contribution in [0.4, 0.5) is 8.78 Å². The zero-order valence-corrected chi connectivity index (χ0v) is 16.6. The number of carbonyl (C=O) groups is 1. The minimum atomic E-state index is -3.98. The maximum atomic E-state index is 13.2. The monoisotopic (exact) mass is 423 g/mol. The molecule has 1 saturated heterocycles. The molecular weight excluding hydrogens is 404 g/mol. The van der Waals surface area contributed by atoms with Crippen molar-refractivity contribution in [1.29, 1.82) is 0 Å². The van der Waals surface area contributed by atoms with Gasteiger partial charge in [0.2, 0.25) is 10.0 Å². The van der Waals surface area contributed by atoms with Crippen LogP contribution in [-0.2, 0) is 15.6 Å². The number of benzene rings is 1. The van der Waals surface area contributed by atoms with Gasteiger partial charge < -0.3 is 9.64 Å². The molecule has 0 saturated carbocycles. The number of nitrogens with zero attached hydrogens (tertiary/aromatic N) is 3. The third-order valence-electron chi connectivity index (χ3n) is 5.34. The number of amides is 1. The topological polar surface area (TPSA) is 79.8 Å². The molecule has 1 aromatic heterocycles. The van der Waals surface area contributed by atoms with Crippen molar-refractivity contribution < 1.29 is 26.7 Å². The Kier molecular flexibility index (Phi) is 4.58. The third kappa shape index (κ3) is 3.16. The average molecular weight is 423 g/mol. The lowest BCUT2D eigenvalue weighted by Gasteiger charge is -2.44. The summed E-state index contributed by atoms with van der Waals surface area (Å²) in [7, 11) is -3.98. The van der Waals surface area contributed by atoms with Gasteiger partial charge in [-0.15, -0.1) is 0 Å². The Morgan fingerprint density at radius 3 is 2.69 bits per heavy atom. The van der Waals surface area contributed by atoms with Crippen LogP contribution in [0, 0.1) is 6.92 Å². The largest absolute Gasteiger partial charge is 0.435 e. The fourth-order valence-electron chi connectivity index (χ4n) is 3.94. The summed E-state index contributed by atoms with van der Waals surface area (Å²) in [6, 6.07) is 8.49. The van der Waals surface area contributed by atoms with E-state index < -0.39 is 22.2 Å². The van der Waals surface area contributed by atoms with Crippen LogP contribution < -0.4 is 4.74 Å². The molecule has 29 heavy (non-hydrogen) atoms. The van der Waals surface area contributed by atoms with Crippen molar-refractivity contribution >= 4 is 15.9 Å². The number of aromatic nitrogens is 1. The van der Waals surface area contributed by atoms with Crippen molar-refractivity contribution in [3.05, 3.63) is 53.3 Å². The van der Waals surface area contributed by atoms with Gasteiger partial charge in [0, 0.05) is 31.4 Å². The van der Waals surface area contributed by atoms with Crippen molar-refractivity contribution in [2.45, 2.75) is 30.9 Å². The van der Waals surface area contributed by atoms with Gasteiger partial charge in [-0.05, 0) is 38.1 Å². The van der Waals surface area contributed by atoms with E-state index in [0.717, 1.165) is 11.8 Å². The van der Waals surface area contributed by atoms with Gasteiger partial charge in [-0.2, -0.15) is 13.1 Å². The van der Waals surface area contributed by atoms with Gasteiger partial charge in [0.1, 0.15) is 5.75 Å². The van der Waals surface area contributed by atoms with Crippen LogP contribution in [0.5, 0.6) is 5.75 Å². The standard InChI is InChI=1S/C19H19F2N3O4S/c1-12-6-7-15-16(22-12)19(2)11-23(8-9-24(19)17(15)25)29(26,27)14-5-3-4-13(10-14)28-18(20)21/h3-7,10,18H,8-9,11H2,1-2H3. The van der Waals surface area contributed by atoms with Crippen LogP contribution in [0.2, 0.25) is 0 Å². The molecule has 0 spiro atoms. The first-order chi connectivity index (χ1) is 13.6. The first kappa shape index (κ1) is 19.7. The number of carbonyl (C=O) groups excluding carboxylic acids is 1. The second-order valence-corrected chi connectivity index (χ2v) is 9.21. The van der Waals surface area contributed by atoms with Gasteiger partial charge in [0.05, 0.1) is 21.7 Å². The molecule has 0 radical (unpaired) electrons. The van der Waals surface area contributed by atoms with E-state index in [1.54, 1.807) is 24.0 Å². The summed E-state index contributed by atoms with van der Waals surface area (Å²) < 4.78 is 56.9. The fourth-order valence-corrected chi connectivity index (χ4v) is 5.50. The summed E-state index contributed by atoms with van der Waals surface area (Å²) >= 11 is 0. The molecule has 0 N–H and O–H groups in total. The Morgan fingerprint density at radius 1 is 1.21 bits per heavy atom. The smallest absolute Gasteiger partial charge is 0.387 e. The molecule has 7 nitrogen and oxygen atoms in total. The van der Waals surface area contributed by atoms with Gasteiger partial charge in [0.15, 0.2) is 0 Å². The van der Waals surface area contributed by atoms with Crippen LogP contribution in [0.15, 0.2) is 41.3 Å². The predicted octanol–water partition coefficient (Wildman–Crippen LogP) is 2.37. The summed E-state index contributed by atoms with van der Waals surface area (Å²) in [5, 5.41) is 0. The summed E-state index contributed by atoms with van der Waals surface area (Å²) in [5.74, 6) is -0.399. The maximum absolute atomic E-state index is 13.2. The highest BCUT2D eigenvalue weighted by Gasteiger charge is 2.52. The summed E-state index contributed by atoms with van der Waals surface area (Å²) in [4.78, 5) is 18.8. The number of piperazine rings is 1. The lowest BCUT2D eigenvalue weighted by molar-refractivity contribution is -0.0500. The number of pyridine rings is 1. The van der Waals surface area contributed by atoms with E-state index in [-0.39, 0.29) is 36.2 Å². The highest BCUT2D eigenvalue weighted by Crippen LogP contribution is 2.41. The van der Waals surface area contributed by atoms with Crippen molar-refractivity contribution in [2.75, 3.05) is 19.6 Å². The number of ether oxygens (including phenoxy) is 1. The fraction of sp³-hybridized carbons (Fsp3) is 0.368. The van der Waals surface area contributed by atoms with Crippen LogP contribution in [0.25, 0.3) is 0 Å². The molecule has 0 bridgehead atoms. The number of halogens is 2. The Hall–Kier alpha value is -2.59. The lowest BCUT2D eigenvalue weighted by Crippen LogP contribution is -2.58. The number of sulfonamides is 1. The van der Waals surface area contributed by atoms with E-state index in [4.69, 9.17) is 0 Å². The minimum Gasteiger partial charge on any atom is -0.435 e. The van der Waals surface area contributed by atoms with E-state index in [1.807, 2.05) is 6.92 Å². The lowest BCUT2D eigenvalue weighted by atomic mass is 9.95. The average Bonchev–Trinajstić information content (AvgIpc) is 2.88. The van der Waals surface area contributed by atoms with Crippen LogP contribution in [0.1, 0.15) is 28.7 Å². The van der Waals surface area contributed by atoms with E-state index in [1.165, 1.54) is 22.5 Å². The van der Waals surface area contributed by atoms with E-state index in [2.05, 4.69) is 9.72 Å². The molecule has 1 fully saturated rings. The van der Waals surface area contributed by atoms with Crippen LogP contribution >= 0.6 is 0 Å². The minimum absolute atomic E-state index is 0.0183. The molecular formula is C19H19F2N3O4S. The van der Waals surface area contributed by atoms with E-state index >= 15 is 0 Å². The van der Waals surface area contributed by atoms with Gasteiger partial charge >= 0.3 is 6.61 Å². The molecule has 3 heterocycles. The number of rotatable bonds is 4. The molecule has 1 aromatic carbocycles. The number of fused-ring (bicyclic) bond motifs is 3. The zero-order valence-electron chi connectivity index (χ0n) is 15.8. The molecule has 2 aliphatic heterocycles. The number of alkyl halides is 2. The number of hydrogen-bond acceptors (Lipinski definition) is 5. The van der Waals surface area contributed by atoms with Crippen molar-refractivity contribution in [3.8, 4) is 5.75 Å². The first-order valence-corrected chi connectivity index (χ1v) is 10.4. The SMILES string of the molecule is Cc1ccc2c(n1)C1(C)CN(S(=O)(=O)c3cccc(OC(F)F)c3)CCN1C2=O. The Balaban J connectivity index is 1.69. The van der Waals surface area contributed by atoms with Gasteiger partial charge in [-0.1, -0.05) is 6.07 Å². The molecule has 2 aromatic rings. The highest BCUT2D eigenvalue weighted by molar-refractivity contribution is 7.89. The Bertz CT molecular complexity index is 1090. The van der Waals surface area contributed by atoms with Crippen LogP contribution in [0.3, 0.4) is 0 Å². The summed E-state index contributed by atoms with van der Waals surface area (Å²) in [6.07, 6.45) is 0.